The molecule has 0 saturated heterocycles. The number of aliphatic hydroxyl groups excluding tert-OH is 1. The Labute approximate surface area is 98.4 Å². The Morgan fingerprint density at radius 2 is 2.25 bits per heavy atom. The van der Waals surface area contributed by atoms with Gasteiger partial charge in [-0.1, -0.05) is 11.6 Å². The molecule has 1 atom stereocenters. The van der Waals surface area contributed by atoms with Crippen LogP contribution in [-0.2, 0) is 4.79 Å². The molecular formula is C11H13ClFNO2. The third-order valence-corrected chi connectivity index (χ3v) is 2.69. The Kier molecular flexibility index (Phi) is 4.26. The molecule has 16 heavy (non-hydrogen) atoms. The Bertz CT molecular complexity index is 398. The number of benzene rings is 1. The van der Waals surface area contributed by atoms with Gasteiger partial charge >= 0.3 is 0 Å². The molecule has 0 bridgehead atoms. The molecule has 1 amide bonds. The SMILES string of the molecule is CC(=O)N(C)C(CO)c1cc(Cl)ccc1F. The van der Waals surface area contributed by atoms with Gasteiger partial charge in [0.25, 0.3) is 0 Å². The topological polar surface area (TPSA) is 40.5 Å². The van der Waals surface area contributed by atoms with E-state index < -0.39 is 11.9 Å². The molecule has 0 aliphatic heterocycles. The van der Waals surface area contributed by atoms with Crippen LogP contribution in [0.25, 0.3) is 0 Å². The predicted molar refractivity (Wildman–Crippen MR) is 59.7 cm³/mol. The highest BCUT2D eigenvalue weighted by atomic mass is 35.5. The first-order chi connectivity index (χ1) is 7.47. The summed E-state index contributed by atoms with van der Waals surface area (Å²) in [5.41, 5.74) is 0.215. The Morgan fingerprint density at radius 3 is 2.75 bits per heavy atom. The first kappa shape index (κ1) is 12.9. The molecule has 1 N–H and O–H groups in total. The maximum atomic E-state index is 13.5. The number of carbonyl (C=O) groups is 1. The summed E-state index contributed by atoms with van der Waals surface area (Å²) >= 11 is 5.75. The number of aliphatic hydroxyl groups is 1. The van der Waals surface area contributed by atoms with E-state index >= 15 is 0 Å². The summed E-state index contributed by atoms with van der Waals surface area (Å²) < 4.78 is 13.5. The predicted octanol–water partition coefficient (Wildman–Crippen LogP) is 1.99. The molecule has 3 nitrogen and oxygen atoms in total. The average molecular weight is 246 g/mol. The average Bonchev–Trinajstić information content (AvgIpc) is 2.23. The van der Waals surface area contributed by atoms with Gasteiger partial charge in [0.1, 0.15) is 5.82 Å². The second kappa shape index (κ2) is 5.27. The molecule has 1 aromatic carbocycles. The van der Waals surface area contributed by atoms with Crippen LogP contribution in [0.1, 0.15) is 18.5 Å². The molecule has 0 spiro atoms. The van der Waals surface area contributed by atoms with Crippen molar-refractivity contribution in [2.75, 3.05) is 13.7 Å². The second-order valence-corrected chi connectivity index (χ2v) is 3.93. The van der Waals surface area contributed by atoms with Crippen LogP contribution in [0.15, 0.2) is 18.2 Å². The van der Waals surface area contributed by atoms with Gasteiger partial charge in [-0.05, 0) is 18.2 Å². The van der Waals surface area contributed by atoms with Crippen LogP contribution in [0, 0.1) is 5.82 Å². The van der Waals surface area contributed by atoms with Gasteiger partial charge in [0, 0.05) is 24.6 Å². The zero-order valence-electron chi connectivity index (χ0n) is 9.08. The van der Waals surface area contributed by atoms with E-state index in [4.69, 9.17) is 11.6 Å². The van der Waals surface area contributed by atoms with Crippen LogP contribution in [0.4, 0.5) is 4.39 Å². The zero-order valence-corrected chi connectivity index (χ0v) is 9.83. The molecule has 1 rings (SSSR count). The summed E-state index contributed by atoms with van der Waals surface area (Å²) in [6.45, 7) is 0.998. The van der Waals surface area contributed by atoms with Crippen molar-refractivity contribution < 1.29 is 14.3 Å². The van der Waals surface area contributed by atoms with Crippen molar-refractivity contribution in [2.45, 2.75) is 13.0 Å². The maximum absolute atomic E-state index is 13.5. The first-order valence-electron chi connectivity index (χ1n) is 4.76. The Hall–Kier alpha value is -1.13. The van der Waals surface area contributed by atoms with Crippen molar-refractivity contribution in [3.63, 3.8) is 0 Å². The van der Waals surface area contributed by atoms with Crippen LogP contribution in [0.2, 0.25) is 5.02 Å². The van der Waals surface area contributed by atoms with Crippen molar-refractivity contribution in [2.24, 2.45) is 0 Å². The molecule has 0 aliphatic rings. The number of hydrogen-bond acceptors (Lipinski definition) is 2. The highest BCUT2D eigenvalue weighted by Gasteiger charge is 2.21. The molecule has 0 heterocycles. The highest BCUT2D eigenvalue weighted by Crippen LogP contribution is 2.25. The molecule has 88 valence electrons. The first-order valence-corrected chi connectivity index (χ1v) is 5.14. The fourth-order valence-corrected chi connectivity index (χ4v) is 1.60. The summed E-state index contributed by atoms with van der Waals surface area (Å²) in [7, 11) is 1.50. The number of carbonyl (C=O) groups excluding carboxylic acids is 1. The van der Waals surface area contributed by atoms with Gasteiger partial charge in [-0.3, -0.25) is 4.79 Å². The van der Waals surface area contributed by atoms with E-state index in [9.17, 15) is 14.3 Å². The molecule has 0 radical (unpaired) electrons. The maximum Gasteiger partial charge on any atom is 0.219 e. The van der Waals surface area contributed by atoms with E-state index in [-0.39, 0.29) is 18.1 Å². The largest absolute Gasteiger partial charge is 0.394 e. The summed E-state index contributed by atoms with van der Waals surface area (Å²) in [6, 6.07) is 3.34. The van der Waals surface area contributed by atoms with Gasteiger partial charge < -0.3 is 10.0 Å². The van der Waals surface area contributed by atoms with Crippen molar-refractivity contribution in [1.82, 2.24) is 4.90 Å². The summed E-state index contributed by atoms with van der Waals surface area (Å²) in [5.74, 6) is -0.741. The summed E-state index contributed by atoms with van der Waals surface area (Å²) in [6.07, 6.45) is 0. The number of hydrogen-bond donors (Lipinski definition) is 1. The molecule has 0 saturated carbocycles. The van der Waals surface area contributed by atoms with Gasteiger partial charge in [-0.25, -0.2) is 4.39 Å². The molecule has 1 aromatic rings. The quantitative estimate of drug-likeness (QED) is 0.885. The van der Waals surface area contributed by atoms with E-state index in [1.165, 1.54) is 37.1 Å². The molecular weight excluding hydrogens is 233 g/mol. The van der Waals surface area contributed by atoms with Crippen molar-refractivity contribution in [3.05, 3.63) is 34.6 Å². The van der Waals surface area contributed by atoms with E-state index in [0.29, 0.717) is 5.02 Å². The zero-order chi connectivity index (χ0) is 12.3. The molecule has 0 aromatic heterocycles. The number of amides is 1. The number of likely N-dealkylation sites (N-methyl/N-ethyl adjacent to an activating group) is 1. The van der Waals surface area contributed by atoms with Crippen LogP contribution < -0.4 is 0 Å². The fraction of sp³-hybridized carbons (Fsp3) is 0.364. The van der Waals surface area contributed by atoms with E-state index in [1.54, 1.807) is 0 Å². The lowest BCUT2D eigenvalue weighted by atomic mass is 10.1. The molecule has 0 fully saturated rings. The van der Waals surface area contributed by atoms with Crippen LogP contribution in [0.3, 0.4) is 0 Å². The summed E-state index contributed by atoms with van der Waals surface area (Å²) in [5, 5.41) is 9.58. The van der Waals surface area contributed by atoms with E-state index in [1.807, 2.05) is 0 Å². The minimum absolute atomic E-state index is 0.215. The second-order valence-electron chi connectivity index (χ2n) is 3.49. The summed E-state index contributed by atoms with van der Waals surface area (Å²) in [4.78, 5) is 12.4. The highest BCUT2D eigenvalue weighted by molar-refractivity contribution is 6.30. The van der Waals surface area contributed by atoms with Crippen molar-refractivity contribution in [3.8, 4) is 0 Å². The smallest absolute Gasteiger partial charge is 0.219 e. The minimum Gasteiger partial charge on any atom is -0.394 e. The Morgan fingerprint density at radius 1 is 1.62 bits per heavy atom. The van der Waals surface area contributed by atoms with Crippen molar-refractivity contribution in [1.29, 1.82) is 0 Å². The van der Waals surface area contributed by atoms with E-state index in [2.05, 4.69) is 0 Å². The van der Waals surface area contributed by atoms with Crippen LogP contribution in [-0.4, -0.2) is 29.6 Å². The third-order valence-electron chi connectivity index (χ3n) is 2.45. The van der Waals surface area contributed by atoms with Crippen LogP contribution in [0.5, 0.6) is 0 Å². The molecule has 0 aliphatic carbocycles. The number of halogens is 2. The van der Waals surface area contributed by atoms with Gasteiger partial charge in [-0.15, -0.1) is 0 Å². The number of nitrogens with zero attached hydrogens (tertiary/aromatic N) is 1. The van der Waals surface area contributed by atoms with Crippen molar-refractivity contribution >= 4 is 17.5 Å². The van der Waals surface area contributed by atoms with Gasteiger partial charge in [0.2, 0.25) is 5.91 Å². The lowest BCUT2D eigenvalue weighted by molar-refractivity contribution is -0.130. The third kappa shape index (κ3) is 2.71. The Balaban J connectivity index is 3.12. The lowest BCUT2D eigenvalue weighted by Gasteiger charge is -2.26. The van der Waals surface area contributed by atoms with Gasteiger partial charge in [0.05, 0.1) is 12.6 Å². The van der Waals surface area contributed by atoms with Gasteiger partial charge in [0.15, 0.2) is 0 Å². The monoisotopic (exact) mass is 245 g/mol. The van der Waals surface area contributed by atoms with Gasteiger partial charge in [-0.2, -0.15) is 0 Å². The number of rotatable bonds is 3. The fourth-order valence-electron chi connectivity index (χ4n) is 1.42. The molecule has 5 heteroatoms. The lowest BCUT2D eigenvalue weighted by Crippen LogP contribution is -2.31. The normalized spacial score (nSPS) is 12.3. The minimum atomic E-state index is -0.712. The molecule has 1 unspecified atom stereocenters. The van der Waals surface area contributed by atoms with Crippen LogP contribution >= 0.6 is 11.6 Å². The standard InChI is InChI=1S/C11H13ClFNO2/c1-7(16)14(2)11(6-15)9-5-8(12)3-4-10(9)13/h3-5,11,15H,6H2,1-2H3. The van der Waals surface area contributed by atoms with E-state index in [0.717, 1.165) is 0 Å².